The van der Waals surface area contributed by atoms with Crippen LogP contribution in [-0.4, -0.2) is 16.1 Å². The van der Waals surface area contributed by atoms with Crippen molar-refractivity contribution in [2.75, 3.05) is 5.73 Å². The Morgan fingerprint density at radius 1 is 1.32 bits per heavy atom. The van der Waals surface area contributed by atoms with Crippen LogP contribution in [-0.2, 0) is 6.42 Å². The van der Waals surface area contributed by atoms with Gasteiger partial charge in [-0.15, -0.1) is 0 Å². The third-order valence-electron chi connectivity index (χ3n) is 3.83. The van der Waals surface area contributed by atoms with Gasteiger partial charge in [0, 0.05) is 6.42 Å². The summed E-state index contributed by atoms with van der Waals surface area (Å²) in [6.07, 6.45) is 6.94. The van der Waals surface area contributed by atoms with Crippen molar-refractivity contribution in [3.8, 4) is 5.88 Å². The van der Waals surface area contributed by atoms with E-state index in [0.717, 1.165) is 43.0 Å². The summed E-state index contributed by atoms with van der Waals surface area (Å²) in [5.41, 5.74) is 6.83. The average Bonchev–Trinajstić information content (AvgIpc) is 2.36. The Balaban J connectivity index is 2.14. The number of rotatable bonds is 4. The maximum absolute atomic E-state index is 6.09. The topological polar surface area (TPSA) is 61.0 Å². The van der Waals surface area contributed by atoms with Gasteiger partial charge in [-0.3, -0.25) is 0 Å². The molecule has 1 saturated carbocycles. The molecular weight excluding hydrogens is 238 g/mol. The van der Waals surface area contributed by atoms with Gasteiger partial charge in [0.2, 0.25) is 5.88 Å². The predicted molar refractivity (Wildman–Crippen MR) is 77.2 cm³/mol. The Kier molecular flexibility index (Phi) is 4.61. The van der Waals surface area contributed by atoms with Crippen LogP contribution in [0.3, 0.4) is 0 Å². The second kappa shape index (κ2) is 6.22. The van der Waals surface area contributed by atoms with Crippen LogP contribution in [0.15, 0.2) is 0 Å². The minimum Gasteiger partial charge on any atom is -0.474 e. The van der Waals surface area contributed by atoms with Gasteiger partial charge in [0.1, 0.15) is 17.7 Å². The van der Waals surface area contributed by atoms with Crippen molar-refractivity contribution in [2.24, 2.45) is 5.92 Å². The molecule has 1 aliphatic carbocycles. The molecule has 0 amide bonds. The molecule has 106 valence electrons. The number of nitrogen functional groups attached to an aromatic ring is 1. The highest BCUT2D eigenvalue weighted by molar-refractivity contribution is 5.44. The average molecular weight is 263 g/mol. The minimum absolute atomic E-state index is 0.284. The standard InChI is InChI=1S/C15H25N3O/c1-4-6-13-17-14(16)11(3)15(18-13)19-12-8-5-7-10(2)9-12/h10,12H,4-9H2,1-3H3,(H2,16,17,18). The van der Waals surface area contributed by atoms with Gasteiger partial charge in [-0.1, -0.05) is 20.3 Å². The van der Waals surface area contributed by atoms with E-state index in [9.17, 15) is 0 Å². The number of anilines is 1. The molecule has 2 rings (SSSR count). The maximum atomic E-state index is 6.09. The van der Waals surface area contributed by atoms with Gasteiger partial charge >= 0.3 is 0 Å². The molecule has 0 bridgehead atoms. The highest BCUT2D eigenvalue weighted by atomic mass is 16.5. The fourth-order valence-corrected chi connectivity index (χ4v) is 2.65. The summed E-state index contributed by atoms with van der Waals surface area (Å²) in [5, 5.41) is 0. The van der Waals surface area contributed by atoms with E-state index in [-0.39, 0.29) is 6.10 Å². The smallest absolute Gasteiger partial charge is 0.222 e. The minimum atomic E-state index is 0.284. The molecule has 0 aliphatic heterocycles. The van der Waals surface area contributed by atoms with Crippen LogP contribution in [0.1, 0.15) is 57.3 Å². The SMILES string of the molecule is CCCc1nc(N)c(C)c(OC2CCCC(C)C2)n1. The van der Waals surface area contributed by atoms with Crippen LogP contribution in [0.5, 0.6) is 5.88 Å². The van der Waals surface area contributed by atoms with Gasteiger partial charge in [-0.25, -0.2) is 4.98 Å². The van der Waals surface area contributed by atoms with E-state index in [2.05, 4.69) is 23.8 Å². The molecule has 1 aromatic heterocycles. The van der Waals surface area contributed by atoms with E-state index in [1.54, 1.807) is 0 Å². The van der Waals surface area contributed by atoms with E-state index < -0.39 is 0 Å². The number of aromatic nitrogens is 2. The number of nitrogens with two attached hydrogens (primary N) is 1. The molecule has 1 aromatic rings. The maximum Gasteiger partial charge on any atom is 0.222 e. The Bertz CT molecular complexity index is 434. The van der Waals surface area contributed by atoms with Crippen molar-refractivity contribution in [3.63, 3.8) is 0 Å². The van der Waals surface area contributed by atoms with Crippen molar-refractivity contribution in [1.29, 1.82) is 0 Å². The predicted octanol–water partition coefficient (Wildman–Crippen LogP) is 3.28. The third kappa shape index (κ3) is 3.58. The molecule has 19 heavy (non-hydrogen) atoms. The van der Waals surface area contributed by atoms with Crippen molar-refractivity contribution in [2.45, 2.75) is 65.4 Å². The van der Waals surface area contributed by atoms with Crippen LogP contribution in [0.2, 0.25) is 0 Å². The lowest BCUT2D eigenvalue weighted by Gasteiger charge is -2.27. The van der Waals surface area contributed by atoms with Crippen molar-refractivity contribution in [3.05, 3.63) is 11.4 Å². The largest absolute Gasteiger partial charge is 0.474 e. The van der Waals surface area contributed by atoms with Gasteiger partial charge in [0.05, 0.1) is 5.56 Å². The Labute approximate surface area is 115 Å². The first-order valence-corrected chi connectivity index (χ1v) is 7.39. The Hall–Kier alpha value is -1.32. The lowest BCUT2D eigenvalue weighted by molar-refractivity contribution is 0.122. The van der Waals surface area contributed by atoms with Crippen LogP contribution in [0.25, 0.3) is 0 Å². The van der Waals surface area contributed by atoms with E-state index in [1.165, 1.54) is 12.8 Å². The number of aryl methyl sites for hydroxylation is 1. The van der Waals surface area contributed by atoms with Gasteiger partial charge in [-0.05, 0) is 38.5 Å². The lowest BCUT2D eigenvalue weighted by Crippen LogP contribution is -2.25. The molecule has 1 aliphatic rings. The summed E-state index contributed by atoms with van der Waals surface area (Å²) in [7, 11) is 0. The number of nitrogens with zero attached hydrogens (tertiary/aromatic N) is 2. The molecule has 2 N–H and O–H groups in total. The summed E-state index contributed by atoms with van der Waals surface area (Å²) in [4.78, 5) is 8.85. The van der Waals surface area contributed by atoms with Gasteiger partial charge in [0.15, 0.2) is 0 Å². The molecular formula is C15H25N3O. The Morgan fingerprint density at radius 2 is 2.11 bits per heavy atom. The van der Waals surface area contributed by atoms with Crippen molar-refractivity contribution in [1.82, 2.24) is 9.97 Å². The molecule has 1 fully saturated rings. The summed E-state index contributed by atoms with van der Waals surface area (Å²) >= 11 is 0. The normalized spacial score (nSPS) is 23.3. The second-order valence-corrected chi connectivity index (χ2v) is 5.72. The zero-order valence-electron chi connectivity index (χ0n) is 12.3. The fourth-order valence-electron chi connectivity index (χ4n) is 2.65. The number of hydrogen-bond acceptors (Lipinski definition) is 4. The van der Waals surface area contributed by atoms with Gasteiger partial charge in [-0.2, -0.15) is 4.98 Å². The van der Waals surface area contributed by atoms with Crippen molar-refractivity contribution < 1.29 is 4.74 Å². The summed E-state index contributed by atoms with van der Waals surface area (Å²) in [6, 6.07) is 0. The number of hydrogen-bond donors (Lipinski definition) is 1. The number of ether oxygens (including phenoxy) is 1. The van der Waals surface area contributed by atoms with Gasteiger partial charge in [0.25, 0.3) is 0 Å². The quantitative estimate of drug-likeness (QED) is 0.905. The molecule has 0 saturated heterocycles. The summed E-state index contributed by atoms with van der Waals surface area (Å²) in [5.74, 6) is 2.78. The summed E-state index contributed by atoms with van der Waals surface area (Å²) < 4.78 is 6.09. The lowest BCUT2D eigenvalue weighted by atomic mass is 9.89. The molecule has 0 radical (unpaired) electrons. The zero-order chi connectivity index (χ0) is 13.8. The summed E-state index contributed by atoms with van der Waals surface area (Å²) in [6.45, 7) is 6.34. The van der Waals surface area contributed by atoms with Crippen molar-refractivity contribution >= 4 is 5.82 Å². The van der Waals surface area contributed by atoms with E-state index >= 15 is 0 Å². The Morgan fingerprint density at radius 3 is 2.79 bits per heavy atom. The first-order valence-electron chi connectivity index (χ1n) is 7.39. The first-order chi connectivity index (χ1) is 9.10. The highest BCUT2D eigenvalue weighted by Gasteiger charge is 2.22. The van der Waals surface area contributed by atoms with Crippen LogP contribution in [0.4, 0.5) is 5.82 Å². The second-order valence-electron chi connectivity index (χ2n) is 5.72. The van der Waals surface area contributed by atoms with E-state index in [0.29, 0.717) is 11.7 Å². The zero-order valence-corrected chi connectivity index (χ0v) is 12.3. The molecule has 4 heteroatoms. The molecule has 4 nitrogen and oxygen atoms in total. The van der Waals surface area contributed by atoms with Crippen LogP contribution in [0, 0.1) is 12.8 Å². The molecule has 2 atom stereocenters. The highest BCUT2D eigenvalue weighted by Crippen LogP contribution is 2.29. The molecule has 0 spiro atoms. The molecule has 1 heterocycles. The fraction of sp³-hybridized carbons (Fsp3) is 0.733. The first kappa shape index (κ1) is 14.1. The van der Waals surface area contributed by atoms with E-state index in [4.69, 9.17) is 10.5 Å². The monoisotopic (exact) mass is 263 g/mol. The van der Waals surface area contributed by atoms with Gasteiger partial charge < -0.3 is 10.5 Å². The third-order valence-corrected chi connectivity index (χ3v) is 3.83. The van der Waals surface area contributed by atoms with Crippen LogP contribution < -0.4 is 10.5 Å². The van der Waals surface area contributed by atoms with E-state index in [1.807, 2.05) is 6.92 Å². The van der Waals surface area contributed by atoms with Crippen LogP contribution >= 0.6 is 0 Å². The molecule has 2 unspecified atom stereocenters. The molecule has 0 aromatic carbocycles.